The minimum Gasteiger partial charge on any atom is -0.329 e. The Bertz CT molecular complexity index is 642. The molecule has 0 aliphatic carbocycles. The Morgan fingerprint density at radius 3 is 2.30 bits per heavy atom. The average Bonchev–Trinajstić information content (AvgIpc) is 2.46. The molecular formula is C14H10F3N3. The van der Waals surface area contributed by atoms with Crippen LogP contribution >= 0.6 is 0 Å². The van der Waals surface area contributed by atoms with Gasteiger partial charge >= 0.3 is 6.18 Å². The molecule has 0 N–H and O–H groups in total. The summed E-state index contributed by atoms with van der Waals surface area (Å²) in [5, 5.41) is 8.71. The zero-order valence-electron chi connectivity index (χ0n) is 10.5. The molecule has 20 heavy (non-hydrogen) atoms. The van der Waals surface area contributed by atoms with Crippen molar-refractivity contribution in [2.24, 2.45) is 0 Å². The second-order valence-electron chi connectivity index (χ2n) is 4.10. The van der Waals surface area contributed by atoms with Crippen LogP contribution in [-0.2, 0) is 6.18 Å². The van der Waals surface area contributed by atoms with Gasteiger partial charge in [0.05, 0.1) is 11.6 Å². The van der Waals surface area contributed by atoms with Crippen LogP contribution in [0.5, 0.6) is 0 Å². The van der Waals surface area contributed by atoms with Crippen molar-refractivity contribution in [3.05, 3.63) is 53.7 Å². The molecule has 102 valence electrons. The predicted molar refractivity (Wildman–Crippen MR) is 68.5 cm³/mol. The topological polar surface area (TPSA) is 39.9 Å². The van der Waals surface area contributed by atoms with Crippen molar-refractivity contribution in [3.63, 3.8) is 0 Å². The highest BCUT2D eigenvalue weighted by Crippen LogP contribution is 2.30. The highest BCUT2D eigenvalue weighted by atomic mass is 19.4. The maximum Gasteiger partial charge on any atom is 0.433 e. The minimum atomic E-state index is -4.47. The number of halogens is 3. The number of alkyl halides is 3. The number of pyridine rings is 1. The van der Waals surface area contributed by atoms with Crippen LogP contribution in [-0.4, -0.2) is 12.0 Å². The molecule has 0 aliphatic rings. The quantitative estimate of drug-likeness (QED) is 0.839. The third kappa shape index (κ3) is 2.88. The van der Waals surface area contributed by atoms with Crippen molar-refractivity contribution >= 4 is 11.5 Å². The summed E-state index contributed by atoms with van der Waals surface area (Å²) >= 11 is 0. The molecular weight excluding hydrogens is 267 g/mol. The van der Waals surface area contributed by atoms with Crippen LogP contribution < -0.4 is 4.90 Å². The van der Waals surface area contributed by atoms with Gasteiger partial charge in [0.2, 0.25) is 0 Å². The molecule has 0 bridgehead atoms. The molecule has 0 fully saturated rings. The largest absolute Gasteiger partial charge is 0.433 e. The number of hydrogen-bond acceptors (Lipinski definition) is 3. The molecule has 0 radical (unpaired) electrons. The van der Waals surface area contributed by atoms with E-state index in [0.717, 1.165) is 6.07 Å². The molecule has 0 spiro atoms. The number of rotatable bonds is 2. The first-order chi connectivity index (χ1) is 9.41. The van der Waals surface area contributed by atoms with Gasteiger partial charge in [-0.15, -0.1) is 0 Å². The summed E-state index contributed by atoms with van der Waals surface area (Å²) in [5.41, 5.74) is 0.200. The van der Waals surface area contributed by atoms with Gasteiger partial charge in [-0.2, -0.15) is 18.4 Å². The van der Waals surface area contributed by atoms with Crippen molar-refractivity contribution in [2.45, 2.75) is 6.18 Å². The highest BCUT2D eigenvalue weighted by Gasteiger charge is 2.32. The molecule has 1 aromatic carbocycles. The van der Waals surface area contributed by atoms with Gasteiger partial charge in [0.1, 0.15) is 11.5 Å². The van der Waals surface area contributed by atoms with Crippen LogP contribution in [0.25, 0.3) is 0 Å². The Labute approximate surface area is 113 Å². The van der Waals surface area contributed by atoms with Crippen molar-refractivity contribution in [2.75, 3.05) is 11.9 Å². The number of benzene rings is 1. The van der Waals surface area contributed by atoms with E-state index in [2.05, 4.69) is 4.98 Å². The first-order valence-corrected chi connectivity index (χ1v) is 5.70. The Kier molecular flexibility index (Phi) is 3.61. The van der Waals surface area contributed by atoms with Crippen LogP contribution in [0.2, 0.25) is 0 Å². The first kappa shape index (κ1) is 13.9. The summed E-state index contributed by atoms with van der Waals surface area (Å²) < 4.78 is 37.8. The van der Waals surface area contributed by atoms with E-state index in [0.29, 0.717) is 11.3 Å². The Morgan fingerprint density at radius 2 is 1.75 bits per heavy atom. The Morgan fingerprint density at radius 1 is 1.10 bits per heavy atom. The van der Waals surface area contributed by atoms with Gasteiger partial charge in [-0.05, 0) is 36.4 Å². The summed E-state index contributed by atoms with van der Waals surface area (Å²) in [6.07, 6.45) is -4.47. The summed E-state index contributed by atoms with van der Waals surface area (Å²) in [5.74, 6) is 0.185. The van der Waals surface area contributed by atoms with Crippen LogP contribution in [0.3, 0.4) is 0 Å². The van der Waals surface area contributed by atoms with Crippen LogP contribution in [0.4, 0.5) is 24.7 Å². The number of hydrogen-bond donors (Lipinski definition) is 0. The predicted octanol–water partition coefficient (Wildman–Crippen LogP) is 3.74. The van der Waals surface area contributed by atoms with Gasteiger partial charge in [0.25, 0.3) is 0 Å². The lowest BCUT2D eigenvalue weighted by molar-refractivity contribution is -0.141. The molecule has 3 nitrogen and oxygen atoms in total. The van der Waals surface area contributed by atoms with Crippen molar-refractivity contribution in [1.82, 2.24) is 4.98 Å². The van der Waals surface area contributed by atoms with E-state index >= 15 is 0 Å². The summed E-state index contributed by atoms with van der Waals surface area (Å²) in [4.78, 5) is 5.12. The van der Waals surface area contributed by atoms with Crippen LogP contribution in [0, 0.1) is 11.3 Å². The van der Waals surface area contributed by atoms with Crippen LogP contribution in [0.15, 0.2) is 42.5 Å². The molecule has 0 atom stereocenters. The lowest BCUT2D eigenvalue weighted by atomic mass is 10.2. The fraction of sp³-hybridized carbons (Fsp3) is 0.143. The lowest BCUT2D eigenvalue weighted by Gasteiger charge is -2.19. The molecule has 6 heteroatoms. The number of anilines is 2. The van der Waals surface area contributed by atoms with Crippen molar-refractivity contribution < 1.29 is 13.2 Å². The van der Waals surface area contributed by atoms with E-state index in [4.69, 9.17) is 5.26 Å². The van der Waals surface area contributed by atoms with Crippen LogP contribution in [0.1, 0.15) is 11.3 Å². The fourth-order valence-corrected chi connectivity index (χ4v) is 1.66. The summed E-state index contributed by atoms with van der Waals surface area (Å²) in [6, 6.07) is 12.2. The molecule has 0 aliphatic heterocycles. The Hall–Kier alpha value is -2.55. The average molecular weight is 277 g/mol. The zero-order chi connectivity index (χ0) is 14.8. The SMILES string of the molecule is CN(c1ccc(C#N)cc1)c1cccc(C(F)(F)F)n1. The van der Waals surface area contributed by atoms with Gasteiger partial charge in [0.15, 0.2) is 0 Å². The second-order valence-corrected chi connectivity index (χ2v) is 4.10. The van der Waals surface area contributed by atoms with E-state index in [9.17, 15) is 13.2 Å². The molecule has 1 heterocycles. The number of aromatic nitrogens is 1. The van der Waals surface area contributed by atoms with Gasteiger partial charge in [0, 0.05) is 12.7 Å². The van der Waals surface area contributed by atoms with E-state index in [-0.39, 0.29) is 5.82 Å². The zero-order valence-corrected chi connectivity index (χ0v) is 10.5. The maximum absolute atomic E-state index is 12.6. The monoisotopic (exact) mass is 277 g/mol. The molecule has 2 rings (SSSR count). The second kappa shape index (κ2) is 5.21. The highest BCUT2D eigenvalue weighted by molar-refractivity contribution is 5.60. The summed E-state index contributed by atoms with van der Waals surface area (Å²) in [6.45, 7) is 0. The van der Waals surface area contributed by atoms with E-state index in [1.165, 1.54) is 17.0 Å². The van der Waals surface area contributed by atoms with E-state index in [1.54, 1.807) is 31.3 Å². The van der Waals surface area contributed by atoms with Crippen molar-refractivity contribution in [3.8, 4) is 6.07 Å². The lowest BCUT2D eigenvalue weighted by Crippen LogP contribution is -2.15. The van der Waals surface area contributed by atoms with Crippen molar-refractivity contribution in [1.29, 1.82) is 5.26 Å². The van der Waals surface area contributed by atoms with Gasteiger partial charge in [-0.1, -0.05) is 6.07 Å². The number of nitrogens with zero attached hydrogens (tertiary/aromatic N) is 3. The summed E-state index contributed by atoms with van der Waals surface area (Å²) in [7, 11) is 1.61. The third-order valence-corrected chi connectivity index (χ3v) is 2.75. The smallest absolute Gasteiger partial charge is 0.329 e. The normalized spacial score (nSPS) is 10.9. The van der Waals surface area contributed by atoms with Gasteiger partial charge < -0.3 is 4.90 Å². The molecule has 0 unspecified atom stereocenters. The number of nitriles is 1. The fourth-order valence-electron chi connectivity index (χ4n) is 1.66. The first-order valence-electron chi connectivity index (χ1n) is 5.70. The molecule has 0 saturated heterocycles. The third-order valence-electron chi connectivity index (χ3n) is 2.75. The molecule has 0 saturated carbocycles. The standard InChI is InChI=1S/C14H10F3N3/c1-20(11-7-5-10(9-18)6-8-11)13-4-2-3-12(19-13)14(15,16)17/h2-8H,1H3. The van der Waals surface area contributed by atoms with E-state index < -0.39 is 11.9 Å². The van der Waals surface area contributed by atoms with Gasteiger partial charge in [-0.25, -0.2) is 4.98 Å². The maximum atomic E-state index is 12.6. The van der Waals surface area contributed by atoms with E-state index in [1.807, 2.05) is 6.07 Å². The minimum absolute atomic E-state index is 0.185. The van der Waals surface area contributed by atoms with Gasteiger partial charge in [-0.3, -0.25) is 0 Å². The Balaban J connectivity index is 2.33. The molecule has 0 amide bonds. The molecule has 1 aromatic heterocycles. The molecule has 2 aromatic rings.